The van der Waals surface area contributed by atoms with Crippen LogP contribution in [0.15, 0.2) is 0 Å². The van der Waals surface area contributed by atoms with Gasteiger partial charge in [0.05, 0.1) is 0 Å². The van der Waals surface area contributed by atoms with Crippen LogP contribution in [0.5, 0.6) is 0 Å². The number of rotatable bonds is 0. The Morgan fingerprint density at radius 2 is 1.86 bits per heavy atom. The Bertz CT molecular complexity index is 188. The van der Waals surface area contributed by atoms with E-state index in [0.717, 1.165) is 13.1 Å². The molecule has 0 aromatic carbocycles. The Balaban J connectivity index is 2.79. The van der Waals surface area contributed by atoms with Crippen LogP contribution in [0.4, 0.5) is 0 Å². The summed E-state index contributed by atoms with van der Waals surface area (Å²) >= 11 is 0. The van der Waals surface area contributed by atoms with Crippen LogP contribution in [0.2, 0.25) is 0 Å². The fourth-order valence-electron chi connectivity index (χ4n) is 2.31. The highest BCUT2D eigenvalue weighted by atomic mass is 15.3. The summed E-state index contributed by atoms with van der Waals surface area (Å²) in [6, 6.07) is 0.685. The number of hydrogen-bond donors (Lipinski definition) is 1. The van der Waals surface area contributed by atoms with Crippen LogP contribution in [0, 0.1) is 0 Å². The average Bonchev–Trinajstić information content (AvgIpc) is 2.09. The summed E-state index contributed by atoms with van der Waals surface area (Å²) < 4.78 is 0. The van der Waals surface area contributed by atoms with Crippen molar-refractivity contribution in [1.82, 2.24) is 10.2 Å². The largest absolute Gasteiger partial charge is 0.310 e. The van der Waals surface area contributed by atoms with Gasteiger partial charge in [0.15, 0.2) is 0 Å². The van der Waals surface area contributed by atoms with E-state index >= 15 is 0 Å². The summed E-state index contributed by atoms with van der Waals surface area (Å²) in [4.78, 5) is 2.62. The van der Waals surface area contributed by atoms with E-state index in [9.17, 15) is 0 Å². The first-order valence-corrected chi connectivity index (χ1v) is 5.74. The molecule has 0 aliphatic carbocycles. The van der Waals surface area contributed by atoms with E-state index in [1.807, 2.05) is 0 Å². The molecule has 1 aliphatic heterocycles. The van der Waals surface area contributed by atoms with Crippen LogP contribution in [-0.4, -0.2) is 35.1 Å². The zero-order valence-corrected chi connectivity index (χ0v) is 10.6. The summed E-state index contributed by atoms with van der Waals surface area (Å²) in [5.74, 6) is 0. The van der Waals surface area contributed by atoms with Crippen LogP contribution in [0.3, 0.4) is 0 Å². The molecule has 0 bridgehead atoms. The summed E-state index contributed by atoms with van der Waals surface area (Å²) in [5.41, 5.74) is 0.529. The molecule has 2 heteroatoms. The molecule has 1 rings (SSSR count). The normalized spacial score (nSPS) is 30.0. The lowest BCUT2D eigenvalue weighted by Crippen LogP contribution is -2.53. The van der Waals surface area contributed by atoms with Crippen molar-refractivity contribution in [2.24, 2.45) is 0 Å². The van der Waals surface area contributed by atoms with Crippen molar-refractivity contribution in [2.75, 3.05) is 13.1 Å². The van der Waals surface area contributed by atoms with Crippen LogP contribution in [0.25, 0.3) is 0 Å². The molecule has 1 unspecified atom stereocenters. The SMILES string of the molecule is CC1CCNC(C)(C)CN1C(C)(C)C. The standard InChI is InChI=1S/C12H26N2/c1-10-7-8-13-12(5,6)9-14(10)11(2,3)4/h10,13H,7-9H2,1-6H3. The summed E-state index contributed by atoms with van der Waals surface area (Å²) in [6.45, 7) is 16.1. The van der Waals surface area contributed by atoms with Gasteiger partial charge in [-0.05, 0) is 54.5 Å². The summed E-state index contributed by atoms with van der Waals surface area (Å²) in [5, 5.41) is 3.61. The maximum Gasteiger partial charge on any atom is 0.0252 e. The van der Waals surface area contributed by atoms with Crippen molar-refractivity contribution in [1.29, 1.82) is 0 Å². The molecule has 0 aromatic heterocycles. The third-order valence-electron chi connectivity index (χ3n) is 3.12. The van der Waals surface area contributed by atoms with Gasteiger partial charge in [-0.15, -0.1) is 0 Å². The summed E-state index contributed by atoms with van der Waals surface area (Å²) in [7, 11) is 0. The van der Waals surface area contributed by atoms with Gasteiger partial charge in [0.25, 0.3) is 0 Å². The Morgan fingerprint density at radius 1 is 1.29 bits per heavy atom. The van der Waals surface area contributed by atoms with Gasteiger partial charge in [-0.25, -0.2) is 0 Å². The smallest absolute Gasteiger partial charge is 0.0252 e. The molecular weight excluding hydrogens is 172 g/mol. The minimum absolute atomic E-state index is 0.248. The monoisotopic (exact) mass is 198 g/mol. The van der Waals surface area contributed by atoms with Crippen LogP contribution in [0.1, 0.15) is 48.0 Å². The van der Waals surface area contributed by atoms with Crippen molar-refractivity contribution in [2.45, 2.75) is 65.1 Å². The van der Waals surface area contributed by atoms with Crippen LogP contribution in [-0.2, 0) is 0 Å². The van der Waals surface area contributed by atoms with Gasteiger partial charge < -0.3 is 5.32 Å². The van der Waals surface area contributed by atoms with E-state index in [0.29, 0.717) is 6.04 Å². The molecule has 0 aromatic rings. The number of nitrogens with one attached hydrogen (secondary N) is 1. The average molecular weight is 198 g/mol. The van der Waals surface area contributed by atoms with Gasteiger partial charge in [-0.1, -0.05) is 0 Å². The van der Waals surface area contributed by atoms with E-state index in [-0.39, 0.29) is 11.1 Å². The van der Waals surface area contributed by atoms with Gasteiger partial charge >= 0.3 is 0 Å². The molecule has 0 amide bonds. The van der Waals surface area contributed by atoms with Crippen LogP contribution < -0.4 is 5.32 Å². The second kappa shape index (κ2) is 3.82. The molecule has 1 saturated heterocycles. The second-order valence-electron chi connectivity index (χ2n) is 6.25. The van der Waals surface area contributed by atoms with Crippen molar-refractivity contribution in [3.63, 3.8) is 0 Å². The highest BCUT2D eigenvalue weighted by molar-refractivity contribution is 4.92. The molecule has 0 radical (unpaired) electrons. The minimum atomic E-state index is 0.248. The van der Waals surface area contributed by atoms with Crippen molar-refractivity contribution in [3.8, 4) is 0 Å². The van der Waals surface area contributed by atoms with E-state index in [2.05, 4.69) is 51.8 Å². The molecule has 0 saturated carbocycles. The fourth-order valence-corrected chi connectivity index (χ4v) is 2.31. The van der Waals surface area contributed by atoms with Crippen LogP contribution >= 0.6 is 0 Å². The quantitative estimate of drug-likeness (QED) is 0.642. The molecular formula is C12H26N2. The van der Waals surface area contributed by atoms with Gasteiger partial charge in [0.1, 0.15) is 0 Å². The number of hydrogen-bond acceptors (Lipinski definition) is 2. The lowest BCUT2D eigenvalue weighted by molar-refractivity contribution is 0.0754. The Morgan fingerprint density at radius 3 is 2.36 bits per heavy atom. The molecule has 84 valence electrons. The first-order chi connectivity index (χ1) is 6.22. The highest BCUT2D eigenvalue weighted by Gasteiger charge is 2.33. The third kappa shape index (κ3) is 2.96. The molecule has 1 atom stereocenters. The van der Waals surface area contributed by atoms with E-state index in [4.69, 9.17) is 0 Å². The van der Waals surface area contributed by atoms with E-state index < -0.39 is 0 Å². The summed E-state index contributed by atoms with van der Waals surface area (Å²) in [6.07, 6.45) is 1.25. The fraction of sp³-hybridized carbons (Fsp3) is 1.00. The zero-order chi connectivity index (χ0) is 11.0. The molecule has 1 fully saturated rings. The molecule has 2 nitrogen and oxygen atoms in total. The second-order valence-corrected chi connectivity index (χ2v) is 6.25. The third-order valence-corrected chi connectivity index (χ3v) is 3.12. The molecule has 0 spiro atoms. The Hall–Kier alpha value is -0.0800. The van der Waals surface area contributed by atoms with Gasteiger partial charge in [-0.3, -0.25) is 4.90 Å². The Kier molecular flexibility index (Phi) is 3.27. The van der Waals surface area contributed by atoms with Crippen molar-refractivity contribution < 1.29 is 0 Å². The first-order valence-electron chi connectivity index (χ1n) is 5.74. The van der Waals surface area contributed by atoms with Crippen molar-refractivity contribution >= 4 is 0 Å². The molecule has 1 heterocycles. The molecule has 1 aliphatic rings. The maximum absolute atomic E-state index is 3.61. The minimum Gasteiger partial charge on any atom is -0.310 e. The van der Waals surface area contributed by atoms with E-state index in [1.54, 1.807) is 0 Å². The Labute approximate surface area is 89.1 Å². The number of nitrogens with zero attached hydrogens (tertiary/aromatic N) is 1. The topological polar surface area (TPSA) is 15.3 Å². The molecule has 1 N–H and O–H groups in total. The van der Waals surface area contributed by atoms with Gasteiger partial charge in [-0.2, -0.15) is 0 Å². The lowest BCUT2D eigenvalue weighted by atomic mass is 9.98. The van der Waals surface area contributed by atoms with Gasteiger partial charge in [0.2, 0.25) is 0 Å². The first kappa shape index (κ1) is 12.0. The van der Waals surface area contributed by atoms with Gasteiger partial charge in [0, 0.05) is 23.7 Å². The maximum atomic E-state index is 3.61. The van der Waals surface area contributed by atoms with E-state index in [1.165, 1.54) is 6.42 Å². The highest BCUT2D eigenvalue weighted by Crippen LogP contribution is 2.24. The molecule has 14 heavy (non-hydrogen) atoms. The lowest BCUT2D eigenvalue weighted by Gasteiger charge is -2.42. The zero-order valence-electron chi connectivity index (χ0n) is 10.6. The van der Waals surface area contributed by atoms with Crippen molar-refractivity contribution in [3.05, 3.63) is 0 Å². The predicted octanol–water partition coefficient (Wildman–Crippen LogP) is 2.25. The predicted molar refractivity (Wildman–Crippen MR) is 62.6 cm³/mol.